The van der Waals surface area contributed by atoms with Crippen LogP contribution in [0.5, 0.6) is 5.75 Å². The maximum absolute atomic E-state index is 13.8. The molecule has 0 N–H and O–H groups in total. The molecule has 4 rings (SSSR count). The smallest absolute Gasteiger partial charge is 0.243 e. The first-order valence-electron chi connectivity index (χ1n) is 12.1. The third-order valence-electron chi connectivity index (χ3n) is 6.63. The van der Waals surface area contributed by atoms with Crippen LogP contribution >= 0.6 is 11.6 Å². The lowest BCUT2D eigenvalue weighted by molar-refractivity contribution is -0.134. The predicted octanol–water partition coefficient (Wildman–Crippen LogP) is 5.38. The van der Waals surface area contributed by atoms with Crippen LogP contribution in [0.3, 0.4) is 0 Å². The van der Waals surface area contributed by atoms with E-state index < -0.39 is 21.3 Å². The number of halogens is 2. The molecule has 9 heteroatoms. The van der Waals surface area contributed by atoms with E-state index in [1.165, 1.54) is 22.5 Å². The predicted molar refractivity (Wildman–Crippen MR) is 141 cm³/mol. The van der Waals surface area contributed by atoms with Crippen LogP contribution in [-0.4, -0.2) is 50.3 Å². The molecule has 0 aromatic heterocycles. The Morgan fingerprint density at radius 2 is 1.81 bits per heavy atom. The van der Waals surface area contributed by atoms with E-state index in [2.05, 4.69) is 0 Å². The van der Waals surface area contributed by atoms with Gasteiger partial charge in [-0.25, -0.2) is 12.8 Å². The lowest BCUT2D eigenvalue weighted by Crippen LogP contribution is -2.50. The van der Waals surface area contributed by atoms with Crippen molar-refractivity contribution in [3.05, 3.63) is 95.3 Å². The number of nitrogens with zero attached hydrogens (tertiary/aromatic N) is 2. The Bertz CT molecular complexity index is 1320. The van der Waals surface area contributed by atoms with Crippen LogP contribution in [0.1, 0.15) is 24.8 Å². The minimum absolute atomic E-state index is 0.0877. The number of hydrogen-bond acceptors (Lipinski definition) is 4. The van der Waals surface area contributed by atoms with E-state index in [9.17, 15) is 17.6 Å². The topological polar surface area (TPSA) is 66.9 Å². The minimum atomic E-state index is -3.95. The quantitative estimate of drug-likeness (QED) is 0.363. The molecule has 1 atom stereocenters. The number of rotatable bonds is 9. The summed E-state index contributed by atoms with van der Waals surface area (Å²) in [6.45, 7) is 0.966. The molecule has 1 heterocycles. The molecule has 0 radical (unpaired) electrons. The first kappa shape index (κ1) is 27.1. The van der Waals surface area contributed by atoms with Crippen molar-refractivity contribution in [1.82, 2.24) is 9.21 Å². The zero-order valence-electron chi connectivity index (χ0n) is 20.6. The van der Waals surface area contributed by atoms with Crippen molar-refractivity contribution in [2.75, 3.05) is 26.7 Å². The molecule has 3 aromatic carbocycles. The minimum Gasteiger partial charge on any atom is -0.493 e. The number of benzene rings is 3. The highest BCUT2D eigenvalue weighted by Crippen LogP contribution is 2.37. The van der Waals surface area contributed by atoms with Gasteiger partial charge in [0.1, 0.15) is 11.6 Å². The molecule has 0 saturated carbocycles. The van der Waals surface area contributed by atoms with E-state index in [0.717, 1.165) is 11.6 Å². The summed E-state index contributed by atoms with van der Waals surface area (Å²) in [5.41, 5.74) is 0.240. The Kier molecular flexibility index (Phi) is 8.52. The summed E-state index contributed by atoms with van der Waals surface area (Å²) in [5.74, 6) is -0.138. The molecule has 1 aliphatic rings. The number of piperidine rings is 1. The van der Waals surface area contributed by atoms with E-state index in [4.69, 9.17) is 16.3 Å². The van der Waals surface area contributed by atoms with Gasteiger partial charge in [0, 0.05) is 43.5 Å². The first-order valence-corrected chi connectivity index (χ1v) is 13.9. The van der Waals surface area contributed by atoms with Gasteiger partial charge in [-0.1, -0.05) is 48.0 Å². The normalized spacial score (nSPS) is 18.4. The van der Waals surface area contributed by atoms with Gasteiger partial charge in [0.05, 0.1) is 11.5 Å². The number of carbonyl (C=O) groups excluding carboxylic acids is 1. The van der Waals surface area contributed by atoms with Gasteiger partial charge >= 0.3 is 0 Å². The molecular weight excluding hydrogens is 515 g/mol. The number of sulfonamides is 1. The zero-order valence-corrected chi connectivity index (χ0v) is 22.2. The van der Waals surface area contributed by atoms with Crippen LogP contribution in [-0.2, 0) is 21.4 Å². The Hall–Kier alpha value is -2.94. The molecule has 37 heavy (non-hydrogen) atoms. The van der Waals surface area contributed by atoms with Crippen molar-refractivity contribution >= 4 is 27.5 Å². The lowest BCUT2D eigenvalue weighted by atomic mass is 9.78. The molecule has 196 valence electrons. The van der Waals surface area contributed by atoms with Crippen LogP contribution in [0.4, 0.5) is 4.39 Å². The summed E-state index contributed by atoms with van der Waals surface area (Å²) in [6.07, 6.45) is 1.27. The SMILES string of the molecule is CN(Cc1ccccc1)C(=O)C[C@@]1(COc2ccc(Cl)cc2)CCCN(S(=O)(=O)c2cccc(F)c2)C1. The highest BCUT2D eigenvalue weighted by molar-refractivity contribution is 7.89. The average Bonchev–Trinajstić information content (AvgIpc) is 2.89. The monoisotopic (exact) mass is 544 g/mol. The fraction of sp³-hybridized carbons (Fsp3) is 0.321. The Morgan fingerprint density at radius 3 is 2.51 bits per heavy atom. The van der Waals surface area contributed by atoms with Gasteiger partial charge < -0.3 is 9.64 Å². The van der Waals surface area contributed by atoms with Crippen molar-refractivity contribution in [2.24, 2.45) is 5.41 Å². The fourth-order valence-corrected chi connectivity index (χ4v) is 6.38. The number of hydrogen-bond donors (Lipinski definition) is 0. The molecule has 0 aliphatic carbocycles. The van der Waals surface area contributed by atoms with Gasteiger partial charge in [-0.2, -0.15) is 4.31 Å². The summed E-state index contributed by atoms with van der Waals surface area (Å²) in [5, 5.41) is 0.574. The van der Waals surface area contributed by atoms with E-state index in [1.54, 1.807) is 36.2 Å². The number of ether oxygens (including phenoxy) is 1. The van der Waals surface area contributed by atoms with Crippen molar-refractivity contribution in [3.63, 3.8) is 0 Å². The van der Waals surface area contributed by atoms with Crippen molar-refractivity contribution < 1.29 is 22.3 Å². The average molecular weight is 545 g/mol. The summed E-state index contributed by atoms with van der Waals surface area (Å²) >= 11 is 5.99. The van der Waals surface area contributed by atoms with E-state index in [0.29, 0.717) is 30.2 Å². The highest BCUT2D eigenvalue weighted by atomic mass is 35.5. The second-order valence-corrected chi connectivity index (χ2v) is 11.9. The second kappa shape index (κ2) is 11.6. The molecule has 1 fully saturated rings. The number of carbonyl (C=O) groups is 1. The third-order valence-corrected chi connectivity index (χ3v) is 8.73. The van der Waals surface area contributed by atoms with Crippen LogP contribution < -0.4 is 4.74 Å². The molecular formula is C28H30ClFN2O4S. The molecule has 0 spiro atoms. The number of amides is 1. The van der Waals surface area contributed by atoms with E-state index in [1.807, 2.05) is 30.3 Å². The molecule has 0 bridgehead atoms. The molecule has 1 saturated heterocycles. The second-order valence-electron chi connectivity index (χ2n) is 9.55. The first-order chi connectivity index (χ1) is 17.7. The van der Waals surface area contributed by atoms with Crippen LogP contribution in [0.2, 0.25) is 5.02 Å². The van der Waals surface area contributed by atoms with Crippen molar-refractivity contribution in [3.8, 4) is 5.75 Å². The Labute approximate surface area is 222 Å². The van der Waals surface area contributed by atoms with Crippen LogP contribution in [0.15, 0.2) is 83.8 Å². The molecule has 6 nitrogen and oxygen atoms in total. The van der Waals surface area contributed by atoms with Gasteiger partial charge in [-0.05, 0) is 60.9 Å². The standard InChI is InChI=1S/C28H30ClFN2O4S/c1-31(19-22-7-3-2-4-8-22)27(33)18-28(21-36-25-13-11-23(29)12-14-25)15-6-16-32(20-28)37(34,35)26-10-5-9-24(30)17-26/h2-5,7-14,17H,6,15-16,18-21H2,1H3/t28-/m0/s1. The van der Waals surface area contributed by atoms with E-state index in [-0.39, 0.29) is 36.9 Å². The fourth-order valence-electron chi connectivity index (χ4n) is 4.63. The maximum Gasteiger partial charge on any atom is 0.243 e. The summed E-state index contributed by atoms with van der Waals surface area (Å²) in [7, 11) is -2.21. The van der Waals surface area contributed by atoms with Crippen LogP contribution in [0, 0.1) is 11.2 Å². The summed E-state index contributed by atoms with van der Waals surface area (Å²) in [6, 6.07) is 21.6. The van der Waals surface area contributed by atoms with Gasteiger partial charge in [-0.15, -0.1) is 0 Å². The molecule has 0 unspecified atom stereocenters. The van der Waals surface area contributed by atoms with Crippen LogP contribution in [0.25, 0.3) is 0 Å². The Balaban J connectivity index is 1.57. The van der Waals surface area contributed by atoms with Gasteiger partial charge in [0.2, 0.25) is 15.9 Å². The van der Waals surface area contributed by atoms with E-state index >= 15 is 0 Å². The molecule has 1 amide bonds. The van der Waals surface area contributed by atoms with Crippen molar-refractivity contribution in [2.45, 2.75) is 30.7 Å². The summed E-state index contributed by atoms with van der Waals surface area (Å²) in [4.78, 5) is 14.9. The third kappa shape index (κ3) is 6.89. The lowest BCUT2D eigenvalue weighted by Gasteiger charge is -2.42. The summed E-state index contributed by atoms with van der Waals surface area (Å²) < 4.78 is 48.1. The molecule has 1 aliphatic heterocycles. The van der Waals surface area contributed by atoms with Gasteiger partial charge in [0.15, 0.2) is 0 Å². The maximum atomic E-state index is 13.8. The molecule has 3 aromatic rings. The highest BCUT2D eigenvalue weighted by Gasteiger charge is 2.43. The largest absolute Gasteiger partial charge is 0.493 e. The van der Waals surface area contributed by atoms with Gasteiger partial charge in [-0.3, -0.25) is 4.79 Å². The van der Waals surface area contributed by atoms with Crippen molar-refractivity contribution in [1.29, 1.82) is 0 Å². The van der Waals surface area contributed by atoms with Gasteiger partial charge in [0.25, 0.3) is 0 Å². The Morgan fingerprint density at radius 1 is 1.08 bits per heavy atom. The zero-order chi connectivity index (χ0) is 26.5.